The topological polar surface area (TPSA) is 65.5 Å². The molecule has 32 heavy (non-hydrogen) atoms. The molecule has 0 N–H and O–H groups in total. The van der Waals surface area contributed by atoms with E-state index in [1.54, 1.807) is 24.3 Å². The summed E-state index contributed by atoms with van der Waals surface area (Å²) in [6.07, 6.45) is -2.37. The van der Waals surface area contributed by atoms with Gasteiger partial charge in [-0.3, -0.25) is 4.98 Å². The molecule has 1 atom stereocenters. The molecule has 3 aromatic rings. The maximum Gasteiger partial charge on any atom is 0.389 e. The lowest BCUT2D eigenvalue weighted by atomic mass is 9.89. The molecule has 1 heterocycles. The molecular weight excluding hydrogens is 443 g/mol. The van der Waals surface area contributed by atoms with Crippen LogP contribution in [0.25, 0.3) is 0 Å². The van der Waals surface area contributed by atoms with Gasteiger partial charge in [0.1, 0.15) is 4.90 Å². The van der Waals surface area contributed by atoms with Gasteiger partial charge in [0.25, 0.3) is 0 Å². The summed E-state index contributed by atoms with van der Waals surface area (Å²) in [6, 6.07) is 13.7. The molecule has 0 radical (unpaired) electrons. The Kier molecular flexibility index (Phi) is 7.08. The molecule has 0 spiro atoms. The number of benzene rings is 2. The molecule has 0 saturated carbocycles. The van der Waals surface area contributed by atoms with Gasteiger partial charge in [-0.05, 0) is 66.8 Å². The Morgan fingerprint density at radius 3 is 2.22 bits per heavy atom. The van der Waals surface area contributed by atoms with Gasteiger partial charge >= 0.3 is 16.3 Å². The molecule has 0 amide bonds. The van der Waals surface area contributed by atoms with Crippen molar-refractivity contribution in [2.45, 2.75) is 36.8 Å². The van der Waals surface area contributed by atoms with Crippen molar-refractivity contribution in [2.75, 3.05) is 7.11 Å². The van der Waals surface area contributed by atoms with E-state index in [1.165, 1.54) is 49.8 Å². The fourth-order valence-corrected chi connectivity index (χ4v) is 4.23. The second kappa shape index (κ2) is 9.60. The van der Waals surface area contributed by atoms with Gasteiger partial charge in [-0.2, -0.15) is 21.6 Å². The van der Waals surface area contributed by atoms with E-state index < -0.39 is 28.6 Å². The number of hydrogen-bond donors (Lipinski definition) is 0. The van der Waals surface area contributed by atoms with Crippen LogP contribution >= 0.6 is 0 Å². The van der Waals surface area contributed by atoms with Crippen molar-refractivity contribution in [1.29, 1.82) is 0 Å². The molecule has 0 bridgehead atoms. The van der Waals surface area contributed by atoms with E-state index in [9.17, 15) is 21.6 Å². The molecular formula is C23H22F3NO4S. The van der Waals surface area contributed by atoms with Gasteiger partial charge in [-0.25, -0.2) is 0 Å². The van der Waals surface area contributed by atoms with Gasteiger partial charge < -0.3 is 8.92 Å². The Morgan fingerprint density at radius 1 is 0.969 bits per heavy atom. The van der Waals surface area contributed by atoms with E-state index in [0.717, 1.165) is 5.56 Å². The minimum absolute atomic E-state index is 0.0165. The number of methoxy groups -OCH3 is 1. The predicted molar refractivity (Wildman–Crippen MR) is 113 cm³/mol. The van der Waals surface area contributed by atoms with Crippen molar-refractivity contribution < 1.29 is 30.5 Å². The average Bonchev–Trinajstić information content (AvgIpc) is 2.74. The van der Waals surface area contributed by atoms with Crippen molar-refractivity contribution in [2.24, 2.45) is 0 Å². The van der Waals surface area contributed by atoms with Crippen molar-refractivity contribution in [3.05, 3.63) is 83.7 Å². The van der Waals surface area contributed by atoms with E-state index in [4.69, 9.17) is 8.92 Å². The molecule has 3 rings (SSSR count). The summed E-state index contributed by atoms with van der Waals surface area (Å²) < 4.78 is 75.1. The van der Waals surface area contributed by atoms with Crippen LogP contribution in [0.15, 0.2) is 71.9 Å². The van der Waals surface area contributed by atoms with E-state index in [-0.39, 0.29) is 22.8 Å². The SMILES string of the molecule is COc1cc(CC(CC(F)(F)F)c2ccncc2)ccc1OS(=O)(=O)c1ccc(C)cc1. The number of ether oxygens (including phenoxy) is 1. The van der Waals surface area contributed by atoms with Crippen LogP contribution < -0.4 is 8.92 Å². The lowest BCUT2D eigenvalue weighted by Crippen LogP contribution is -2.16. The standard InChI is InChI=1S/C23H22F3NO4S/c1-16-3-6-20(7-4-16)32(28,29)31-21-8-5-17(14-22(21)30-2)13-19(15-23(24,25)26)18-9-11-27-12-10-18/h3-12,14,19H,13,15H2,1-2H3. The highest BCUT2D eigenvalue weighted by Gasteiger charge is 2.33. The van der Waals surface area contributed by atoms with Crippen LogP contribution in [0.4, 0.5) is 13.2 Å². The number of aromatic nitrogens is 1. The summed E-state index contributed by atoms with van der Waals surface area (Å²) in [5.41, 5.74) is 1.96. The first-order chi connectivity index (χ1) is 15.1. The van der Waals surface area contributed by atoms with Gasteiger partial charge in [0.15, 0.2) is 11.5 Å². The molecule has 0 aliphatic heterocycles. The number of nitrogens with zero attached hydrogens (tertiary/aromatic N) is 1. The van der Waals surface area contributed by atoms with Gasteiger partial charge in [-0.1, -0.05) is 23.8 Å². The normalized spacial score (nSPS) is 12.9. The van der Waals surface area contributed by atoms with Gasteiger partial charge in [-0.15, -0.1) is 0 Å². The van der Waals surface area contributed by atoms with Crippen molar-refractivity contribution in [3.8, 4) is 11.5 Å². The number of hydrogen-bond acceptors (Lipinski definition) is 5. The highest BCUT2D eigenvalue weighted by atomic mass is 32.2. The van der Waals surface area contributed by atoms with E-state index in [0.29, 0.717) is 11.1 Å². The van der Waals surface area contributed by atoms with E-state index in [2.05, 4.69) is 4.98 Å². The first kappa shape index (κ1) is 23.6. The van der Waals surface area contributed by atoms with Crippen LogP contribution in [-0.2, 0) is 16.5 Å². The van der Waals surface area contributed by atoms with Crippen LogP contribution in [0.5, 0.6) is 11.5 Å². The number of alkyl halides is 3. The lowest BCUT2D eigenvalue weighted by Gasteiger charge is -2.20. The zero-order valence-corrected chi connectivity index (χ0v) is 18.3. The second-order valence-electron chi connectivity index (χ2n) is 7.34. The maximum absolute atomic E-state index is 13.1. The summed E-state index contributed by atoms with van der Waals surface area (Å²) >= 11 is 0. The van der Waals surface area contributed by atoms with Crippen LogP contribution in [0.1, 0.15) is 29.0 Å². The molecule has 1 unspecified atom stereocenters. The summed E-state index contributed by atoms with van der Waals surface area (Å²) in [4.78, 5) is 3.84. The second-order valence-corrected chi connectivity index (χ2v) is 8.88. The van der Waals surface area contributed by atoms with Gasteiger partial charge in [0.05, 0.1) is 13.5 Å². The Balaban J connectivity index is 1.86. The summed E-state index contributed by atoms with van der Waals surface area (Å²) in [5.74, 6) is -0.766. The lowest BCUT2D eigenvalue weighted by molar-refractivity contribution is -0.138. The van der Waals surface area contributed by atoms with Crippen LogP contribution in [0.2, 0.25) is 0 Å². The third-order valence-corrected chi connectivity index (χ3v) is 6.12. The first-order valence-electron chi connectivity index (χ1n) is 9.72. The zero-order chi connectivity index (χ0) is 23.4. The van der Waals surface area contributed by atoms with Crippen LogP contribution in [0, 0.1) is 6.92 Å². The van der Waals surface area contributed by atoms with E-state index in [1.807, 2.05) is 6.92 Å². The largest absolute Gasteiger partial charge is 0.493 e. The average molecular weight is 465 g/mol. The van der Waals surface area contributed by atoms with Crippen molar-refractivity contribution in [3.63, 3.8) is 0 Å². The minimum atomic E-state index is -4.34. The summed E-state index contributed by atoms with van der Waals surface area (Å²) in [6.45, 7) is 1.83. The molecule has 2 aromatic carbocycles. The molecule has 1 aromatic heterocycles. The molecule has 9 heteroatoms. The molecule has 5 nitrogen and oxygen atoms in total. The highest BCUT2D eigenvalue weighted by Crippen LogP contribution is 2.36. The Labute approximate surface area is 185 Å². The maximum atomic E-state index is 13.1. The number of aryl methyl sites for hydroxylation is 1. The third-order valence-electron chi connectivity index (χ3n) is 4.87. The predicted octanol–water partition coefficient (Wildman–Crippen LogP) is 5.45. The molecule has 0 aliphatic rings. The zero-order valence-electron chi connectivity index (χ0n) is 17.5. The summed E-state index contributed by atoms with van der Waals surface area (Å²) in [5, 5.41) is 0. The molecule has 0 fully saturated rings. The Bertz CT molecular complexity index is 1150. The van der Waals surface area contributed by atoms with Crippen molar-refractivity contribution >= 4 is 10.1 Å². The first-order valence-corrected chi connectivity index (χ1v) is 11.1. The molecule has 170 valence electrons. The van der Waals surface area contributed by atoms with Gasteiger partial charge in [0, 0.05) is 12.4 Å². The fraction of sp³-hybridized carbons (Fsp3) is 0.261. The smallest absolute Gasteiger partial charge is 0.389 e. The van der Waals surface area contributed by atoms with Crippen LogP contribution in [0.3, 0.4) is 0 Å². The Hall–Kier alpha value is -3.07. The van der Waals surface area contributed by atoms with E-state index >= 15 is 0 Å². The third kappa shape index (κ3) is 6.23. The Morgan fingerprint density at radius 2 is 1.62 bits per heavy atom. The minimum Gasteiger partial charge on any atom is -0.493 e. The highest BCUT2D eigenvalue weighted by molar-refractivity contribution is 7.87. The molecule has 0 saturated heterocycles. The summed E-state index contributed by atoms with van der Waals surface area (Å²) in [7, 11) is -2.77. The van der Waals surface area contributed by atoms with Gasteiger partial charge in [0.2, 0.25) is 0 Å². The number of pyridine rings is 1. The quantitative estimate of drug-likeness (QED) is 0.414. The van der Waals surface area contributed by atoms with Crippen molar-refractivity contribution in [1.82, 2.24) is 4.98 Å². The fourth-order valence-electron chi connectivity index (χ4n) is 3.29. The number of halogens is 3. The molecule has 0 aliphatic carbocycles. The van der Waals surface area contributed by atoms with Crippen LogP contribution in [-0.4, -0.2) is 26.7 Å². The number of rotatable bonds is 8. The monoisotopic (exact) mass is 465 g/mol.